The van der Waals surface area contributed by atoms with E-state index in [1.54, 1.807) is 0 Å². The van der Waals surface area contributed by atoms with Gasteiger partial charge in [-0.1, -0.05) is 12.8 Å². The molecule has 4 bridgehead atoms. The Bertz CT molecular complexity index is 675. The fourth-order valence-corrected chi connectivity index (χ4v) is 10.7. The van der Waals surface area contributed by atoms with Crippen LogP contribution in [0.15, 0.2) is 0 Å². The first-order valence-electron chi connectivity index (χ1n) is 15.7. The molecular formula is C31H50O4. The van der Waals surface area contributed by atoms with Crippen LogP contribution in [0.1, 0.15) is 116 Å². The highest BCUT2D eigenvalue weighted by Crippen LogP contribution is 2.60. The van der Waals surface area contributed by atoms with Crippen LogP contribution in [-0.4, -0.2) is 46.8 Å². The van der Waals surface area contributed by atoms with Crippen molar-refractivity contribution in [3.8, 4) is 0 Å². The van der Waals surface area contributed by atoms with E-state index in [0.29, 0.717) is 53.5 Å². The summed E-state index contributed by atoms with van der Waals surface area (Å²) in [4.78, 5) is 0. The van der Waals surface area contributed by atoms with Crippen LogP contribution < -0.4 is 0 Å². The van der Waals surface area contributed by atoms with Gasteiger partial charge in [-0.15, -0.1) is 0 Å². The molecule has 4 nitrogen and oxygen atoms in total. The van der Waals surface area contributed by atoms with Gasteiger partial charge < -0.3 is 19.7 Å². The van der Waals surface area contributed by atoms with Crippen LogP contribution in [0.5, 0.6) is 0 Å². The van der Waals surface area contributed by atoms with Crippen molar-refractivity contribution in [2.75, 3.05) is 0 Å². The lowest BCUT2D eigenvalue weighted by Gasteiger charge is -2.53. The van der Waals surface area contributed by atoms with E-state index in [1.807, 2.05) is 0 Å². The molecule has 5 saturated carbocycles. The van der Waals surface area contributed by atoms with E-state index in [2.05, 4.69) is 0 Å². The third-order valence-electron chi connectivity index (χ3n) is 12.8. The molecule has 0 aromatic rings. The maximum atomic E-state index is 11.1. The molecule has 4 heterocycles. The second kappa shape index (κ2) is 9.54. The molecule has 12 atom stereocenters. The van der Waals surface area contributed by atoms with Gasteiger partial charge in [0, 0.05) is 12.8 Å². The molecule has 35 heavy (non-hydrogen) atoms. The summed E-state index contributed by atoms with van der Waals surface area (Å²) in [7, 11) is 0. The van der Waals surface area contributed by atoms with Gasteiger partial charge in [0.2, 0.25) is 0 Å². The number of ether oxygens (including phenoxy) is 2. The Morgan fingerprint density at radius 3 is 1.40 bits per heavy atom. The normalized spacial score (nSPS) is 53.0. The van der Waals surface area contributed by atoms with E-state index in [-0.39, 0.29) is 12.2 Å². The largest absolute Gasteiger partial charge is 0.393 e. The molecule has 9 rings (SSSR count). The van der Waals surface area contributed by atoms with E-state index < -0.39 is 0 Å². The number of aliphatic hydroxyl groups excluding tert-OH is 2. The standard InChI is InChI=1S/C31H50O4/c32-27-9-5-23(15-21(27)13-19-3-7-25-17-29(19)34-25)31(11-1-2-12-31)24-6-10-28(33)22(16-24)14-20-4-8-26-18-30(20)35-26/h19-30,32-33H,1-18H2. The maximum absolute atomic E-state index is 11.1. The minimum absolute atomic E-state index is 0.0963. The zero-order valence-corrected chi connectivity index (χ0v) is 21.9. The molecule has 0 radical (unpaired) electrons. The monoisotopic (exact) mass is 486 g/mol. The molecule has 2 N–H and O–H groups in total. The Kier molecular flexibility index (Phi) is 6.52. The van der Waals surface area contributed by atoms with Gasteiger partial charge in [0.05, 0.1) is 36.6 Å². The maximum Gasteiger partial charge on any atom is 0.0631 e. The fraction of sp³-hybridized carbons (Fsp3) is 1.00. The summed E-state index contributed by atoms with van der Waals surface area (Å²) in [5.74, 6) is 3.90. The van der Waals surface area contributed by atoms with Crippen molar-refractivity contribution >= 4 is 0 Å². The van der Waals surface area contributed by atoms with Crippen LogP contribution in [0, 0.1) is 40.9 Å². The molecule has 9 fully saturated rings. The van der Waals surface area contributed by atoms with Crippen LogP contribution in [0.3, 0.4) is 0 Å². The lowest BCUT2D eigenvalue weighted by molar-refractivity contribution is -0.192. The number of hydrogen-bond acceptors (Lipinski definition) is 4. The van der Waals surface area contributed by atoms with E-state index in [9.17, 15) is 10.2 Å². The number of aliphatic hydroxyl groups is 2. The number of fused-ring (bicyclic) bond motifs is 4. The summed E-state index contributed by atoms with van der Waals surface area (Å²) in [6.45, 7) is 0. The van der Waals surface area contributed by atoms with Gasteiger partial charge in [-0.2, -0.15) is 0 Å². The van der Waals surface area contributed by atoms with E-state index in [1.165, 1.54) is 103 Å². The average molecular weight is 487 g/mol. The molecule has 198 valence electrons. The Morgan fingerprint density at radius 1 is 0.543 bits per heavy atom. The van der Waals surface area contributed by atoms with Crippen molar-refractivity contribution in [1.29, 1.82) is 0 Å². The second-order valence-electron chi connectivity index (χ2n) is 14.3. The van der Waals surface area contributed by atoms with E-state index in [0.717, 1.165) is 24.7 Å². The third kappa shape index (κ3) is 4.35. The molecule has 0 spiro atoms. The Labute approximate surface area is 212 Å². The highest BCUT2D eigenvalue weighted by atomic mass is 16.5. The van der Waals surface area contributed by atoms with Crippen molar-refractivity contribution in [2.24, 2.45) is 40.9 Å². The Balaban J connectivity index is 1.04. The average Bonchev–Trinajstić information content (AvgIpc) is 3.32. The van der Waals surface area contributed by atoms with Gasteiger partial charge in [0.15, 0.2) is 0 Å². The predicted molar refractivity (Wildman–Crippen MR) is 136 cm³/mol. The van der Waals surface area contributed by atoms with Gasteiger partial charge in [-0.25, -0.2) is 0 Å². The highest BCUT2D eigenvalue weighted by molar-refractivity contribution is 5.02. The zero-order valence-electron chi connectivity index (χ0n) is 21.9. The topological polar surface area (TPSA) is 58.9 Å². The molecule has 0 amide bonds. The van der Waals surface area contributed by atoms with Crippen molar-refractivity contribution in [2.45, 2.75) is 152 Å². The molecule has 4 saturated heterocycles. The lowest BCUT2D eigenvalue weighted by atomic mass is 9.54. The van der Waals surface area contributed by atoms with Gasteiger partial charge in [0.1, 0.15) is 0 Å². The molecule has 12 unspecified atom stereocenters. The Morgan fingerprint density at radius 2 is 1.00 bits per heavy atom. The highest BCUT2D eigenvalue weighted by Gasteiger charge is 2.52. The van der Waals surface area contributed by atoms with Crippen molar-refractivity contribution in [3.05, 3.63) is 0 Å². The SMILES string of the molecule is OC1CCC(C2(C3CCC(O)C(CC4CCC5CC4O5)C3)CCCC2)CC1CC1CCC2CC1O2. The summed E-state index contributed by atoms with van der Waals surface area (Å²) in [6, 6.07) is 0. The van der Waals surface area contributed by atoms with E-state index in [4.69, 9.17) is 9.47 Å². The summed E-state index contributed by atoms with van der Waals surface area (Å²) < 4.78 is 12.2. The molecule has 9 aliphatic rings. The van der Waals surface area contributed by atoms with Gasteiger partial charge in [0.25, 0.3) is 0 Å². The second-order valence-corrected chi connectivity index (χ2v) is 14.3. The minimum atomic E-state index is -0.0963. The van der Waals surface area contributed by atoms with Gasteiger partial charge in [-0.3, -0.25) is 0 Å². The minimum Gasteiger partial charge on any atom is -0.393 e. The summed E-state index contributed by atoms with van der Waals surface area (Å²) in [5, 5.41) is 22.1. The predicted octanol–water partition coefficient (Wildman–Crippen LogP) is 6.02. The van der Waals surface area contributed by atoms with Crippen molar-refractivity contribution in [3.63, 3.8) is 0 Å². The molecule has 4 aliphatic heterocycles. The zero-order chi connectivity index (χ0) is 23.6. The summed E-state index contributed by atoms with van der Waals surface area (Å²) >= 11 is 0. The van der Waals surface area contributed by atoms with Crippen molar-refractivity contribution in [1.82, 2.24) is 0 Å². The quantitative estimate of drug-likeness (QED) is 0.482. The van der Waals surface area contributed by atoms with Crippen LogP contribution in [0.2, 0.25) is 0 Å². The first kappa shape index (κ1) is 23.9. The molecule has 5 aliphatic carbocycles. The fourth-order valence-electron chi connectivity index (χ4n) is 10.7. The van der Waals surface area contributed by atoms with Crippen LogP contribution in [0.25, 0.3) is 0 Å². The lowest BCUT2D eigenvalue weighted by Crippen LogP contribution is -2.50. The molecule has 0 aromatic carbocycles. The van der Waals surface area contributed by atoms with E-state index >= 15 is 0 Å². The van der Waals surface area contributed by atoms with Gasteiger partial charge in [-0.05, 0) is 131 Å². The molecule has 4 heteroatoms. The van der Waals surface area contributed by atoms with Crippen molar-refractivity contribution < 1.29 is 19.7 Å². The molecule has 0 aromatic heterocycles. The first-order chi connectivity index (χ1) is 17.1. The third-order valence-corrected chi connectivity index (χ3v) is 12.8. The number of hydrogen-bond donors (Lipinski definition) is 2. The van der Waals surface area contributed by atoms with Crippen LogP contribution in [0.4, 0.5) is 0 Å². The van der Waals surface area contributed by atoms with Gasteiger partial charge >= 0.3 is 0 Å². The molecular weight excluding hydrogens is 436 g/mol. The van der Waals surface area contributed by atoms with Crippen LogP contribution in [-0.2, 0) is 9.47 Å². The van der Waals surface area contributed by atoms with Crippen LogP contribution >= 0.6 is 0 Å². The smallest absolute Gasteiger partial charge is 0.0631 e. The Hall–Kier alpha value is -0.160. The number of rotatable bonds is 6. The summed E-state index contributed by atoms with van der Waals surface area (Å²) in [5.41, 5.74) is 0.478. The summed E-state index contributed by atoms with van der Waals surface area (Å²) in [6.07, 6.45) is 24.6. The first-order valence-corrected chi connectivity index (χ1v) is 15.7.